The predicted octanol–water partition coefficient (Wildman–Crippen LogP) is 2.49. The van der Waals surface area contributed by atoms with Crippen molar-refractivity contribution >= 4 is 11.8 Å². The van der Waals surface area contributed by atoms with Gasteiger partial charge >= 0.3 is 6.09 Å². The van der Waals surface area contributed by atoms with Gasteiger partial charge in [-0.25, -0.2) is 4.79 Å². The number of pyridine rings is 1. The Morgan fingerprint density at radius 3 is 2.80 bits per heavy atom. The first-order valence-corrected chi connectivity index (χ1v) is 7.00. The van der Waals surface area contributed by atoms with Gasteiger partial charge in [0.15, 0.2) is 0 Å². The van der Waals surface area contributed by atoms with E-state index in [1.165, 1.54) is 0 Å². The molecule has 1 aliphatic rings. The molecule has 0 bridgehead atoms. The van der Waals surface area contributed by atoms with Gasteiger partial charge in [0, 0.05) is 18.8 Å². The third-order valence-electron chi connectivity index (χ3n) is 3.17. The van der Waals surface area contributed by atoms with Crippen molar-refractivity contribution in [3.05, 3.63) is 24.0 Å². The van der Waals surface area contributed by atoms with Crippen LogP contribution in [-0.4, -0.2) is 35.8 Å². The second-order valence-electron chi connectivity index (χ2n) is 6.24. The van der Waals surface area contributed by atoms with Crippen molar-refractivity contribution in [1.82, 2.24) is 10.3 Å². The third-order valence-corrected chi connectivity index (χ3v) is 3.17. The molecule has 1 aromatic rings. The fraction of sp³-hybridized carbons (Fsp3) is 0.600. The lowest BCUT2D eigenvalue weighted by atomic mass is 10.2. The smallest absolute Gasteiger partial charge is 0.407 e. The fourth-order valence-corrected chi connectivity index (χ4v) is 2.23. The minimum atomic E-state index is -0.455. The zero-order valence-corrected chi connectivity index (χ0v) is 12.6. The van der Waals surface area contributed by atoms with Crippen LogP contribution >= 0.6 is 0 Å². The van der Waals surface area contributed by atoms with Gasteiger partial charge in [-0.05, 0) is 46.2 Å². The summed E-state index contributed by atoms with van der Waals surface area (Å²) in [6.07, 6.45) is 2.46. The van der Waals surface area contributed by atoms with Gasteiger partial charge in [0.25, 0.3) is 0 Å². The highest BCUT2D eigenvalue weighted by molar-refractivity contribution is 5.68. The summed E-state index contributed by atoms with van der Waals surface area (Å²) in [6.45, 7) is 9.29. The van der Waals surface area contributed by atoms with Crippen molar-refractivity contribution in [1.29, 1.82) is 0 Å². The molecule has 110 valence electrons. The maximum atomic E-state index is 11.7. The summed E-state index contributed by atoms with van der Waals surface area (Å²) in [6, 6.07) is 4.20. The molecule has 20 heavy (non-hydrogen) atoms. The molecule has 1 fully saturated rings. The lowest BCUT2D eigenvalue weighted by Gasteiger charge is -2.22. The van der Waals surface area contributed by atoms with Crippen LogP contribution in [0.4, 0.5) is 10.5 Å². The van der Waals surface area contributed by atoms with Crippen LogP contribution in [0.25, 0.3) is 0 Å². The molecule has 1 amide bonds. The van der Waals surface area contributed by atoms with Gasteiger partial charge in [-0.15, -0.1) is 0 Å². The molecule has 1 saturated heterocycles. The van der Waals surface area contributed by atoms with Crippen molar-refractivity contribution < 1.29 is 9.53 Å². The Morgan fingerprint density at radius 2 is 2.20 bits per heavy atom. The number of rotatable bonds is 2. The van der Waals surface area contributed by atoms with Crippen LogP contribution in [0.2, 0.25) is 0 Å². The summed E-state index contributed by atoms with van der Waals surface area (Å²) >= 11 is 0. The fourth-order valence-electron chi connectivity index (χ4n) is 2.23. The molecule has 0 saturated carbocycles. The summed E-state index contributed by atoms with van der Waals surface area (Å²) in [5, 5.41) is 2.92. The topological polar surface area (TPSA) is 54.5 Å². The van der Waals surface area contributed by atoms with Crippen LogP contribution in [0.5, 0.6) is 0 Å². The second kappa shape index (κ2) is 5.69. The first-order chi connectivity index (χ1) is 9.33. The number of aromatic nitrogens is 1. The lowest BCUT2D eigenvalue weighted by Crippen LogP contribution is -2.40. The number of carbonyl (C=O) groups excluding carboxylic acids is 1. The summed E-state index contributed by atoms with van der Waals surface area (Å²) in [4.78, 5) is 18.3. The predicted molar refractivity (Wildman–Crippen MR) is 79.0 cm³/mol. The van der Waals surface area contributed by atoms with Crippen molar-refractivity contribution in [3.63, 3.8) is 0 Å². The number of amides is 1. The molecule has 0 aromatic carbocycles. The Labute approximate surface area is 120 Å². The standard InChI is InChI=1S/C15H23N3O2/c1-11-5-6-13(9-16-11)18-8-7-12(10-18)17-14(19)20-15(2,3)4/h5-6,9,12H,7-8,10H2,1-4H3,(H,17,19)/t12-/m1/s1. The second-order valence-corrected chi connectivity index (χ2v) is 6.24. The number of aryl methyl sites for hydroxylation is 1. The van der Waals surface area contributed by atoms with Crippen LogP contribution in [-0.2, 0) is 4.74 Å². The normalized spacial score (nSPS) is 19.0. The molecule has 1 aromatic heterocycles. The van der Waals surface area contributed by atoms with Crippen LogP contribution < -0.4 is 10.2 Å². The molecule has 1 aliphatic heterocycles. The molecular formula is C15H23N3O2. The van der Waals surface area contributed by atoms with E-state index in [2.05, 4.69) is 21.3 Å². The average molecular weight is 277 g/mol. The molecule has 0 aliphatic carbocycles. The first kappa shape index (κ1) is 14.6. The number of carbonyl (C=O) groups is 1. The van der Waals surface area contributed by atoms with Gasteiger partial charge in [-0.3, -0.25) is 4.98 Å². The summed E-state index contributed by atoms with van der Waals surface area (Å²) in [5.74, 6) is 0. The molecule has 0 spiro atoms. The highest BCUT2D eigenvalue weighted by atomic mass is 16.6. The van der Waals surface area contributed by atoms with E-state index in [0.717, 1.165) is 30.9 Å². The van der Waals surface area contributed by atoms with Crippen LogP contribution in [0.3, 0.4) is 0 Å². The van der Waals surface area contributed by atoms with E-state index < -0.39 is 5.60 Å². The summed E-state index contributed by atoms with van der Waals surface area (Å²) < 4.78 is 5.28. The monoisotopic (exact) mass is 277 g/mol. The SMILES string of the molecule is Cc1ccc(N2CC[C@@H](NC(=O)OC(C)(C)C)C2)cn1. The van der Waals surface area contributed by atoms with Crippen molar-refractivity contribution in [2.45, 2.75) is 45.8 Å². The zero-order chi connectivity index (χ0) is 14.8. The number of anilines is 1. The van der Waals surface area contributed by atoms with Gasteiger partial charge in [0.1, 0.15) is 5.60 Å². The average Bonchev–Trinajstić information content (AvgIpc) is 2.75. The third kappa shape index (κ3) is 4.11. The molecule has 0 unspecified atom stereocenters. The molecule has 1 N–H and O–H groups in total. The maximum absolute atomic E-state index is 11.7. The Morgan fingerprint density at radius 1 is 1.45 bits per heavy atom. The molecule has 2 heterocycles. The van der Waals surface area contributed by atoms with Gasteiger partial charge < -0.3 is 15.0 Å². The van der Waals surface area contributed by atoms with E-state index in [9.17, 15) is 4.79 Å². The highest BCUT2D eigenvalue weighted by Crippen LogP contribution is 2.19. The number of hydrogen-bond acceptors (Lipinski definition) is 4. The maximum Gasteiger partial charge on any atom is 0.407 e. The number of ether oxygens (including phenoxy) is 1. The number of nitrogens with one attached hydrogen (secondary N) is 1. The van der Waals surface area contributed by atoms with E-state index in [-0.39, 0.29) is 12.1 Å². The highest BCUT2D eigenvalue weighted by Gasteiger charge is 2.26. The molecule has 2 rings (SSSR count). The van der Waals surface area contributed by atoms with Crippen LogP contribution in [0.1, 0.15) is 32.9 Å². The Hall–Kier alpha value is -1.78. The van der Waals surface area contributed by atoms with E-state index in [1.54, 1.807) is 0 Å². The largest absolute Gasteiger partial charge is 0.444 e. The number of hydrogen-bond donors (Lipinski definition) is 1. The van der Waals surface area contributed by atoms with E-state index >= 15 is 0 Å². The first-order valence-electron chi connectivity index (χ1n) is 7.00. The van der Waals surface area contributed by atoms with E-state index in [0.29, 0.717) is 0 Å². The van der Waals surface area contributed by atoms with E-state index in [1.807, 2.05) is 40.0 Å². The zero-order valence-electron chi connectivity index (χ0n) is 12.6. The number of alkyl carbamates (subject to hydrolysis) is 1. The van der Waals surface area contributed by atoms with Crippen molar-refractivity contribution in [2.75, 3.05) is 18.0 Å². The van der Waals surface area contributed by atoms with E-state index in [4.69, 9.17) is 4.74 Å². The molecule has 0 radical (unpaired) electrons. The number of nitrogens with zero attached hydrogens (tertiary/aromatic N) is 2. The molecule has 5 nitrogen and oxygen atoms in total. The quantitative estimate of drug-likeness (QED) is 0.902. The minimum Gasteiger partial charge on any atom is -0.444 e. The van der Waals surface area contributed by atoms with Crippen LogP contribution in [0.15, 0.2) is 18.3 Å². The summed E-state index contributed by atoms with van der Waals surface area (Å²) in [7, 11) is 0. The Balaban J connectivity index is 1.86. The molecular weight excluding hydrogens is 254 g/mol. The molecule has 5 heteroatoms. The van der Waals surface area contributed by atoms with Gasteiger partial charge in [0.05, 0.1) is 17.9 Å². The Kier molecular flexibility index (Phi) is 4.16. The van der Waals surface area contributed by atoms with Gasteiger partial charge in [0.2, 0.25) is 0 Å². The van der Waals surface area contributed by atoms with Gasteiger partial charge in [-0.1, -0.05) is 0 Å². The summed E-state index contributed by atoms with van der Waals surface area (Å²) in [5.41, 5.74) is 1.66. The molecule has 1 atom stereocenters. The van der Waals surface area contributed by atoms with Crippen molar-refractivity contribution in [2.24, 2.45) is 0 Å². The van der Waals surface area contributed by atoms with Gasteiger partial charge in [-0.2, -0.15) is 0 Å². The van der Waals surface area contributed by atoms with Crippen LogP contribution in [0, 0.1) is 6.92 Å². The minimum absolute atomic E-state index is 0.131. The van der Waals surface area contributed by atoms with Crippen molar-refractivity contribution in [3.8, 4) is 0 Å². The lowest BCUT2D eigenvalue weighted by molar-refractivity contribution is 0.0509. The Bertz CT molecular complexity index is 465.